The Balaban J connectivity index is 1.93. The zero-order valence-corrected chi connectivity index (χ0v) is 11.8. The quantitative estimate of drug-likeness (QED) is 0.904. The van der Waals surface area contributed by atoms with Gasteiger partial charge in [0.15, 0.2) is 0 Å². The summed E-state index contributed by atoms with van der Waals surface area (Å²) in [5, 5.41) is 20.8. The van der Waals surface area contributed by atoms with Crippen molar-refractivity contribution in [2.24, 2.45) is 5.41 Å². The smallest absolute Gasteiger partial charge is 0.313 e. The van der Waals surface area contributed by atoms with E-state index >= 15 is 0 Å². The van der Waals surface area contributed by atoms with Crippen molar-refractivity contribution in [3.05, 3.63) is 47.8 Å². The molecular formula is C17H17NO3. The number of aliphatic carboxylic acids is 1. The molecule has 1 saturated carbocycles. The molecule has 0 aliphatic heterocycles. The summed E-state index contributed by atoms with van der Waals surface area (Å²) in [5.74, 6) is -0.768. The highest BCUT2D eigenvalue weighted by Gasteiger charge is 2.47. The van der Waals surface area contributed by atoms with Gasteiger partial charge in [-0.05, 0) is 48.9 Å². The summed E-state index contributed by atoms with van der Waals surface area (Å²) in [6.07, 6.45) is 6.15. The number of aliphatic hydroxyl groups is 1. The van der Waals surface area contributed by atoms with E-state index < -0.39 is 17.5 Å². The van der Waals surface area contributed by atoms with Gasteiger partial charge in [-0.15, -0.1) is 0 Å². The number of fused-ring (bicyclic) bond motifs is 1. The number of aromatic nitrogens is 1. The summed E-state index contributed by atoms with van der Waals surface area (Å²) in [7, 11) is 0. The van der Waals surface area contributed by atoms with E-state index in [2.05, 4.69) is 4.98 Å². The number of nitrogens with zero attached hydrogens (tertiary/aromatic N) is 1. The van der Waals surface area contributed by atoms with Gasteiger partial charge >= 0.3 is 5.97 Å². The molecule has 1 unspecified atom stereocenters. The van der Waals surface area contributed by atoms with Gasteiger partial charge in [0.25, 0.3) is 0 Å². The molecule has 0 saturated heterocycles. The third-order valence-corrected chi connectivity index (χ3v) is 4.04. The number of carbonyl (C=O) groups is 1. The Kier molecular flexibility index (Phi) is 3.26. The monoisotopic (exact) mass is 283 g/mol. The van der Waals surface area contributed by atoms with Crippen LogP contribution in [0.15, 0.2) is 36.5 Å². The fraction of sp³-hybridized carbons (Fsp3) is 0.294. The van der Waals surface area contributed by atoms with E-state index in [1.807, 2.05) is 24.3 Å². The number of pyridine rings is 1. The molecule has 4 nitrogen and oxygen atoms in total. The van der Waals surface area contributed by atoms with Gasteiger partial charge in [-0.25, -0.2) is 0 Å². The molecule has 0 radical (unpaired) electrons. The van der Waals surface area contributed by atoms with Gasteiger partial charge in [0, 0.05) is 11.6 Å². The van der Waals surface area contributed by atoms with E-state index in [-0.39, 0.29) is 0 Å². The normalized spacial score (nSPS) is 18.0. The first-order chi connectivity index (χ1) is 10.00. The minimum Gasteiger partial charge on any atom is -0.481 e. The minimum atomic E-state index is -0.768. The van der Waals surface area contributed by atoms with Crippen LogP contribution in [0, 0.1) is 5.41 Å². The number of benzene rings is 1. The molecule has 0 spiro atoms. The molecule has 1 heterocycles. The van der Waals surface area contributed by atoms with Gasteiger partial charge in [0.1, 0.15) is 0 Å². The Morgan fingerprint density at radius 2 is 2.10 bits per heavy atom. The van der Waals surface area contributed by atoms with Crippen LogP contribution in [-0.2, 0) is 4.79 Å². The third-order valence-electron chi connectivity index (χ3n) is 4.04. The lowest BCUT2D eigenvalue weighted by Gasteiger charge is -2.07. The van der Waals surface area contributed by atoms with E-state index in [4.69, 9.17) is 5.11 Å². The maximum atomic E-state index is 11.1. The molecule has 1 aromatic carbocycles. The van der Waals surface area contributed by atoms with Crippen molar-refractivity contribution in [3.8, 4) is 0 Å². The van der Waals surface area contributed by atoms with Gasteiger partial charge in [-0.1, -0.05) is 18.2 Å². The molecule has 1 aliphatic carbocycles. The molecule has 1 atom stereocenters. The van der Waals surface area contributed by atoms with Crippen LogP contribution in [0.1, 0.15) is 37.1 Å². The van der Waals surface area contributed by atoms with Crippen molar-refractivity contribution in [3.63, 3.8) is 0 Å². The average Bonchev–Trinajstić information content (AvgIpc) is 3.25. The summed E-state index contributed by atoms with van der Waals surface area (Å²) in [5.41, 5.74) is 0.906. The standard InChI is InChI=1S/C17H17NO3/c1-11(19)12-2-3-13-10-18-15(9-14(13)8-12)4-5-17(6-7-17)16(20)21/h2-5,8-11,19H,6-7H2,1H3,(H,20,21). The molecule has 0 bridgehead atoms. The van der Waals surface area contributed by atoms with Gasteiger partial charge < -0.3 is 10.2 Å². The molecule has 1 aliphatic rings. The Hall–Kier alpha value is -2.20. The van der Waals surface area contributed by atoms with Crippen LogP contribution in [-0.4, -0.2) is 21.2 Å². The summed E-state index contributed by atoms with van der Waals surface area (Å²) >= 11 is 0. The number of hydrogen-bond acceptors (Lipinski definition) is 3. The van der Waals surface area contributed by atoms with E-state index in [9.17, 15) is 9.90 Å². The van der Waals surface area contributed by atoms with Crippen LogP contribution < -0.4 is 0 Å². The minimum absolute atomic E-state index is 0.511. The highest BCUT2D eigenvalue weighted by atomic mass is 16.4. The highest BCUT2D eigenvalue weighted by molar-refractivity contribution is 5.85. The fourth-order valence-electron chi connectivity index (χ4n) is 2.36. The first-order valence-corrected chi connectivity index (χ1v) is 7.01. The second kappa shape index (κ2) is 4.97. The topological polar surface area (TPSA) is 70.4 Å². The second-order valence-electron chi connectivity index (χ2n) is 5.69. The van der Waals surface area contributed by atoms with Crippen molar-refractivity contribution in [2.75, 3.05) is 0 Å². The zero-order valence-electron chi connectivity index (χ0n) is 11.8. The van der Waals surface area contributed by atoms with Crippen molar-refractivity contribution in [2.45, 2.75) is 25.9 Å². The van der Waals surface area contributed by atoms with Crippen LogP contribution >= 0.6 is 0 Å². The van der Waals surface area contributed by atoms with Crippen LogP contribution in [0.2, 0.25) is 0 Å². The van der Waals surface area contributed by atoms with Crippen LogP contribution in [0.4, 0.5) is 0 Å². The van der Waals surface area contributed by atoms with E-state index in [0.29, 0.717) is 12.8 Å². The van der Waals surface area contributed by atoms with E-state index in [1.54, 1.807) is 25.3 Å². The van der Waals surface area contributed by atoms with E-state index in [1.165, 1.54) is 0 Å². The molecule has 3 rings (SSSR count). The number of hydrogen-bond donors (Lipinski definition) is 2. The molecule has 2 aromatic rings. The predicted octanol–water partition coefficient (Wildman–Crippen LogP) is 3.17. The SMILES string of the molecule is CC(O)c1ccc2cnc(C=CC3(C(=O)O)CC3)cc2c1. The first kappa shape index (κ1) is 13.8. The second-order valence-corrected chi connectivity index (χ2v) is 5.69. The van der Waals surface area contributed by atoms with Gasteiger partial charge in [-0.3, -0.25) is 9.78 Å². The largest absolute Gasteiger partial charge is 0.481 e. The first-order valence-electron chi connectivity index (χ1n) is 7.01. The summed E-state index contributed by atoms with van der Waals surface area (Å²) in [4.78, 5) is 15.5. The van der Waals surface area contributed by atoms with Crippen LogP contribution in [0.25, 0.3) is 16.8 Å². The number of aliphatic hydroxyl groups excluding tert-OH is 1. The Bertz CT molecular complexity index is 730. The van der Waals surface area contributed by atoms with Crippen LogP contribution in [0.3, 0.4) is 0 Å². The van der Waals surface area contributed by atoms with Crippen molar-refractivity contribution in [1.82, 2.24) is 4.98 Å². The highest BCUT2D eigenvalue weighted by Crippen LogP contribution is 2.47. The Labute approximate surface area is 122 Å². The Morgan fingerprint density at radius 3 is 2.71 bits per heavy atom. The maximum Gasteiger partial charge on any atom is 0.313 e. The van der Waals surface area contributed by atoms with Gasteiger partial charge in [0.2, 0.25) is 0 Å². The number of carboxylic acids is 1. The third kappa shape index (κ3) is 2.67. The molecular weight excluding hydrogens is 266 g/mol. The lowest BCUT2D eigenvalue weighted by molar-refractivity contribution is -0.141. The Morgan fingerprint density at radius 1 is 1.33 bits per heavy atom. The summed E-state index contributed by atoms with van der Waals surface area (Å²) in [6.45, 7) is 1.73. The van der Waals surface area contributed by atoms with Gasteiger partial charge in [-0.2, -0.15) is 0 Å². The van der Waals surface area contributed by atoms with Crippen LogP contribution in [0.5, 0.6) is 0 Å². The van der Waals surface area contributed by atoms with Crippen molar-refractivity contribution < 1.29 is 15.0 Å². The summed E-state index contributed by atoms with van der Waals surface area (Å²) < 4.78 is 0. The number of carboxylic acid groups (broad SMARTS) is 1. The lowest BCUT2D eigenvalue weighted by Crippen LogP contribution is -2.10. The lowest BCUT2D eigenvalue weighted by atomic mass is 10.0. The molecule has 4 heteroatoms. The summed E-state index contributed by atoms with van der Waals surface area (Å²) in [6, 6.07) is 7.66. The molecule has 108 valence electrons. The molecule has 0 amide bonds. The molecule has 21 heavy (non-hydrogen) atoms. The molecule has 1 aromatic heterocycles. The van der Waals surface area contributed by atoms with Crippen molar-refractivity contribution in [1.29, 1.82) is 0 Å². The fourth-order valence-corrected chi connectivity index (χ4v) is 2.36. The van der Waals surface area contributed by atoms with E-state index in [0.717, 1.165) is 22.0 Å². The zero-order chi connectivity index (χ0) is 15.0. The molecule has 1 fully saturated rings. The van der Waals surface area contributed by atoms with Gasteiger partial charge in [0.05, 0.1) is 17.2 Å². The predicted molar refractivity (Wildman–Crippen MR) is 80.7 cm³/mol. The van der Waals surface area contributed by atoms with Crippen molar-refractivity contribution >= 4 is 22.8 Å². The molecule has 2 N–H and O–H groups in total. The maximum absolute atomic E-state index is 11.1. The number of rotatable bonds is 4. The average molecular weight is 283 g/mol.